The SMILES string of the molecule is C1CC2NN=C(c3nn[nH]n3)C2C1. The van der Waals surface area contributed by atoms with Crippen molar-refractivity contribution in [3.05, 3.63) is 5.82 Å². The van der Waals surface area contributed by atoms with Gasteiger partial charge in [-0.15, -0.1) is 10.2 Å². The first-order valence-corrected chi connectivity index (χ1v) is 4.52. The molecule has 2 unspecified atom stereocenters. The summed E-state index contributed by atoms with van der Waals surface area (Å²) in [5.41, 5.74) is 4.09. The minimum absolute atomic E-state index is 0.498. The number of aromatic amines is 1. The van der Waals surface area contributed by atoms with Crippen molar-refractivity contribution in [3.8, 4) is 0 Å². The van der Waals surface area contributed by atoms with Crippen molar-refractivity contribution >= 4 is 5.71 Å². The lowest BCUT2D eigenvalue weighted by Gasteiger charge is -2.07. The van der Waals surface area contributed by atoms with Crippen LogP contribution < -0.4 is 5.43 Å². The molecule has 1 aliphatic carbocycles. The lowest BCUT2D eigenvalue weighted by Crippen LogP contribution is -2.24. The summed E-state index contributed by atoms with van der Waals surface area (Å²) >= 11 is 0. The monoisotopic (exact) mass is 178 g/mol. The molecule has 0 spiro atoms. The van der Waals surface area contributed by atoms with Crippen molar-refractivity contribution in [1.82, 2.24) is 26.0 Å². The Labute approximate surface area is 74.8 Å². The molecule has 0 amide bonds. The highest BCUT2D eigenvalue weighted by atomic mass is 15.5. The van der Waals surface area contributed by atoms with Crippen molar-refractivity contribution in [2.45, 2.75) is 25.3 Å². The predicted octanol–water partition coefficient (Wildman–Crippen LogP) is -0.324. The van der Waals surface area contributed by atoms with Crippen LogP contribution in [0.25, 0.3) is 0 Å². The average Bonchev–Trinajstić information content (AvgIpc) is 2.79. The van der Waals surface area contributed by atoms with Crippen molar-refractivity contribution < 1.29 is 0 Å². The summed E-state index contributed by atoms with van der Waals surface area (Å²) in [7, 11) is 0. The van der Waals surface area contributed by atoms with Gasteiger partial charge in [0, 0.05) is 5.92 Å². The Morgan fingerprint density at radius 1 is 1.31 bits per heavy atom. The quantitative estimate of drug-likeness (QED) is 0.617. The van der Waals surface area contributed by atoms with E-state index in [0.29, 0.717) is 17.8 Å². The number of H-pyrrole nitrogens is 1. The molecular formula is C7H10N6. The van der Waals surface area contributed by atoms with Crippen molar-refractivity contribution in [2.24, 2.45) is 11.0 Å². The Bertz CT molecular complexity index is 329. The summed E-state index contributed by atoms with van der Waals surface area (Å²) in [6.45, 7) is 0. The standard InChI is InChI=1S/C7H10N6/c1-2-4-5(3-1)8-9-6(4)7-10-12-13-11-7/h4-5,8H,1-3H2,(H,10,11,12,13). The second-order valence-electron chi connectivity index (χ2n) is 3.51. The van der Waals surface area contributed by atoms with Gasteiger partial charge in [0.25, 0.3) is 0 Å². The molecule has 1 saturated carbocycles. The Morgan fingerprint density at radius 3 is 3.15 bits per heavy atom. The molecule has 0 bridgehead atoms. The lowest BCUT2D eigenvalue weighted by molar-refractivity contribution is 0.537. The molecule has 13 heavy (non-hydrogen) atoms. The fourth-order valence-electron chi connectivity index (χ4n) is 2.16. The third-order valence-electron chi connectivity index (χ3n) is 2.79. The zero-order valence-corrected chi connectivity index (χ0v) is 7.06. The highest BCUT2D eigenvalue weighted by Crippen LogP contribution is 2.31. The maximum absolute atomic E-state index is 4.24. The number of nitrogens with one attached hydrogen (secondary N) is 2. The maximum Gasteiger partial charge on any atom is 0.220 e. The van der Waals surface area contributed by atoms with Gasteiger partial charge >= 0.3 is 0 Å². The van der Waals surface area contributed by atoms with Crippen molar-refractivity contribution in [3.63, 3.8) is 0 Å². The van der Waals surface area contributed by atoms with Crippen LogP contribution in [0.1, 0.15) is 25.1 Å². The Balaban J connectivity index is 1.93. The zero-order chi connectivity index (χ0) is 8.67. The number of fused-ring (bicyclic) bond motifs is 1. The molecule has 1 aliphatic heterocycles. The topological polar surface area (TPSA) is 78.9 Å². The average molecular weight is 178 g/mol. The summed E-state index contributed by atoms with van der Waals surface area (Å²) in [6, 6.07) is 0.508. The van der Waals surface area contributed by atoms with E-state index < -0.39 is 0 Å². The van der Waals surface area contributed by atoms with Crippen molar-refractivity contribution in [2.75, 3.05) is 0 Å². The van der Waals surface area contributed by atoms with Crippen LogP contribution in [0.15, 0.2) is 5.10 Å². The summed E-state index contributed by atoms with van der Waals surface area (Å²) in [6.07, 6.45) is 3.65. The molecule has 1 aromatic rings. The van der Waals surface area contributed by atoms with E-state index in [1.807, 2.05) is 0 Å². The highest BCUT2D eigenvalue weighted by Gasteiger charge is 2.37. The van der Waals surface area contributed by atoms with Crippen molar-refractivity contribution in [1.29, 1.82) is 0 Å². The molecule has 1 aromatic heterocycles. The second-order valence-corrected chi connectivity index (χ2v) is 3.51. The molecule has 0 saturated heterocycles. The fraction of sp³-hybridized carbons (Fsp3) is 0.714. The summed E-state index contributed by atoms with van der Waals surface area (Å²) in [4.78, 5) is 0. The largest absolute Gasteiger partial charge is 0.306 e. The lowest BCUT2D eigenvalue weighted by atomic mass is 9.99. The molecule has 2 atom stereocenters. The van der Waals surface area contributed by atoms with Gasteiger partial charge < -0.3 is 5.43 Å². The van der Waals surface area contributed by atoms with Gasteiger partial charge in [-0.2, -0.15) is 10.3 Å². The van der Waals surface area contributed by atoms with Gasteiger partial charge in [-0.1, -0.05) is 6.42 Å². The van der Waals surface area contributed by atoms with E-state index in [-0.39, 0.29) is 0 Å². The van der Waals surface area contributed by atoms with Crippen LogP contribution in [0, 0.1) is 5.92 Å². The molecule has 6 heteroatoms. The first-order chi connectivity index (χ1) is 6.45. The second kappa shape index (κ2) is 2.51. The molecule has 2 N–H and O–H groups in total. The van der Waals surface area contributed by atoms with Crippen LogP contribution in [0.2, 0.25) is 0 Å². The van der Waals surface area contributed by atoms with Crippen LogP contribution in [0.5, 0.6) is 0 Å². The van der Waals surface area contributed by atoms with Crippen LogP contribution >= 0.6 is 0 Å². The molecular weight excluding hydrogens is 168 g/mol. The van der Waals surface area contributed by atoms with E-state index in [0.717, 1.165) is 5.71 Å². The minimum Gasteiger partial charge on any atom is -0.306 e. The predicted molar refractivity (Wildman–Crippen MR) is 45.0 cm³/mol. The van der Waals surface area contributed by atoms with Crippen LogP contribution in [-0.2, 0) is 0 Å². The van der Waals surface area contributed by atoms with Gasteiger partial charge in [-0.05, 0) is 18.1 Å². The number of hydrazone groups is 1. The van der Waals surface area contributed by atoms with Gasteiger partial charge in [0.05, 0.1) is 6.04 Å². The number of aromatic nitrogens is 4. The van der Waals surface area contributed by atoms with Crippen LogP contribution in [0.4, 0.5) is 0 Å². The Morgan fingerprint density at radius 2 is 2.31 bits per heavy atom. The summed E-state index contributed by atoms with van der Waals surface area (Å²) in [5.74, 6) is 1.14. The maximum atomic E-state index is 4.24. The third-order valence-corrected chi connectivity index (χ3v) is 2.79. The first kappa shape index (κ1) is 6.99. The van der Waals surface area contributed by atoms with Crippen LogP contribution in [-0.4, -0.2) is 32.4 Å². The Hall–Kier alpha value is -1.46. The highest BCUT2D eigenvalue weighted by molar-refractivity contribution is 6.00. The van der Waals surface area contributed by atoms with Gasteiger partial charge in [0.2, 0.25) is 5.82 Å². The van der Waals surface area contributed by atoms with E-state index in [2.05, 4.69) is 31.2 Å². The van der Waals surface area contributed by atoms with Gasteiger partial charge in [0.15, 0.2) is 0 Å². The fourth-order valence-corrected chi connectivity index (χ4v) is 2.16. The zero-order valence-electron chi connectivity index (χ0n) is 7.06. The molecule has 0 radical (unpaired) electrons. The third kappa shape index (κ3) is 0.944. The van der Waals surface area contributed by atoms with E-state index in [4.69, 9.17) is 0 Å². The van der Waals surface area contributed by atoms with E-state index in [1.54, 1.807) is 0 Å². The Kier molecular flexibility index (Phi) is 1.35. The molecule has 3 rings (SSSR count). The van der Waals surface area contributed by atoms with Gasteiger partial charge in [0.1, 0.15) is 5.71 Å². The summed E-state index contributed by atoms with van der Waals surface area (Å²) < 4.78 is 0. The molecule has 2 aliphatic rings. The number of hydrogen-bond acceptors (Lipinski definition) is 5. The number of hydrogen-bond donors (Lipinski definition) is 2. The first-order valence-electron chi connectivity index (χ1n) is 4.52. The molecule has 1 fully saturated rings. The number of rotatable bonds is 1. The van der Waals surface area contributed by atoms with E-state index in [9.17, 15) is 0 Å². The number of tetrazole rings is 1. The molecule has 2 heterocycles. The van der Waals surface area contributed by atoms with Gasteiger partial charge in [-0.3, -0.25) is 0 Å². The molecule has 6 nitrogen and oxygen atoms in total. The van der Waals surface area contributed by atoms with Crippen LogP contribution in [0.3, 0.4) is 0 Å². The van der Waals surface area contributed by atoms with Gasteiger partial charge in [-0.25, -0.2) is 0 Å². The van der Waals surface area contributed by atoms with E-state index in [1.165, 1.54) is 19.3 Å². The summed E-state index contributed by atoms with van der Waals surface area (Å²) in [5, 5.41) is 18.1. The smallest absolute Gasteiger partial charge is 0.220 e. The minimum atomic E-state index is 0.498. The molecule has 68 valence electrons. The van der Waals surface area contributed by atoms with E-state index >= 15 is 0 Å². The number of nitrogens with zero attached hydrogens (tertiary/aromatic N) is 4. The molecule has 0 aromatic carbocycles. The normalized spacial score (nSPS) is 31.2.